The smallest absolute Gasteiger partial charge is 0.289 e. The second-order valence-electron chi connectivity index (χ2n) is 6.97. The zero-order chi connectivity index (χ0) is 22.1. The highest BCUT2D eigenvalue weighted by Gasteiger charge is 2.32. The Hall–Kier alpha value is -3.95. The van der Waals surface area contributed by atoms with Crippen molar-refractivity contribution in [2.75, 3.05) is 18.6 Å². The molecule has 2 aromatic heterocycles. The van der Waals surface area contributed by atoms with Gasteiger partial charge in [-0.15, -0.1) is 0 Å². The molecule has 0 spiro atoms. The topological polar surface area (TPSA) is 97.3 Å². The number of aryl methyl sites for hydroxylation is 1. The Morgan fingerprint density at radius 2 is 1.94 bits per heavy atom. The Balaban J connectivity index is 1.56. The van der Waals surface area contributed by atoms with Gasteiger partial charge in [-0.1, -0.05) is 29.8 Å². The maximum Gasteiger partial charge on any atom is 0.289 e. The second-order valence-corrected chi connectivity index (χ2v) is 6.97. The fourth-order valence-corrected chi connectivity index (χ4v) is 3.07. The van der Waals surface area contributed by atoms with E-state index in [1.807, 2.05) is 6.92 Å². The summed E-state index contributed by atoms with van der Waals surface area (Å²) < 4.78 is 33.2. The minimum atomic E-state index is -1.11. The highest BCUT2D eigenvalue weighted by atomic mass is 19.1. The molecule has 1 aliphatic rings. The molecule has 158 valence electrons. The molecule has 31 heavy (non-hydrogen) atoms. The number of halogens is 2. The molecule has 0 saturated heterocycles. The van der Waals surface area contributed by atoms with Gasteiger partial charge in [0.25, 0.3) is 11.8 Å². The van der Waals surface area contributed by atoms with E-state index in [-0.39, 0.29) is 29.7 Å². The normalized spacial score (nSPS) is 15.7. The first-order valence-electron chi connectivity index (χ1n) is 9.30. The van der Waals surface area contributed by atoms with E-state index in [0.717, 1.165) is 28.9 Å². The van der Waals surface area contributed by atoms with E-state index in [2.05, 4.69) is 20.3 Å². The summed E-state index contributed by atoms with van der Waals surface area (Å²) in [5.74, 6) is -2.71. The molecular weight excluding hydrogens is 408 g/mol. The highest BCUT2D eigenvalue weighted by Crippen LogP contribution is 2.28. The zero-order valence-electron chi connectivity index (χ0n) is 16.6. The van der Waals surface area contributed by atoms with Crippen LogP contribution in [0.5, 0.6) is 5.75 Å². The minimum absolute atomic E-state index is 0.0345. The summed E-state index contributed by atoms with van der Waals surface area (Å²) in [5.41, 5.74) is 1.44. The maximum atomic E-state index is 14.3. The summed E-state index contributed by atoms with van der Waals surface area (Å²) in [6.07, 6.45) is 1.86. The number of anilines is 1. The Bertz CT molecular complexity index is 1170. The van der Waals surface area contributed by atoms with Crippen molar-refractivity contribution in [1.82, 2.24) is 20.3 Å². The lowest BCUT2D eigenvalue weighted by atomic mass is 10.1. The Labute approximate surface area is 175 Å². The first-order valence-corrected chi connectivity index (χ1v) is 9.30. The lowest BCUT2D eigenvalue weighted by Crippen LogP contribution is -2.49. The van der Waals surface area contributed by atoms with Crippen LogP contribution in [0.1, 0.15) is 16.2 Å². The standard InChI is InChI=1S/C21H17F2N5O3/c1-11-3-5-12(6-4-11)17-14(23)9-24-18(27-17)20(29)26-15-10-31-16-7-13(22)8-25-19(16)28(2)21(15)30/h3-9,15H,10H2,1-2H3,(H,26,29)/t15-/m0/s1. The molecule has 0 bridgehead atoms. The summed E-state index contributed by atoms with van der Waals surface area (Å²) in [4.78, 5) is 38.2. The number of hydrogen-bond donors (Lipinski definition) is 1. The number of carbonyl (C=O) groups excluding carboxylic acids is 2. The van der Waals surface area contributed by atoms with Crippen LogP contribution in [-0.2, 0) is 4.79 Å². The number of fused-ring (bicyclic) bond motifs is 1. The van der Waals surface area contributed by atoms with Crippen molar-refractivity contribution >= 4 is 17.6 Å². The third kappa shape index (κ3) is 4.04. The highest BCUT2D eigenvalue weighted by molar-refractivity contribution is 6.01. The van der Waals surface area contributed by atoms with E-state index in [1.54, 1.807) is 24.3 Å². The lowest BCUT2D eigenvalue weighted by molar-refractivity contribution is -0.120. The van der Waals surface area contributed by atoms with Gasteiger partial charge in [0.2, 0.25) is 5.82 Å². The number of nitrogens with one attached hydrogen (secondary N) is 1. The van der Waals surface area contributed by atoms with Gasteiger partial charge in [0, 0.05) is 18.7 Å². The van der Waals surface area contributed by atoms with E-state index >= 15 is 0 Å². The summed E-state index contributed by atoms with van der Waals surface area (Å²) >= 11 is 0. The summed E-state index contributed by atoms with van der Waals surface area (Å²) in [6.45, 7) is 1.64. The maximum absolute atomic E-state index is 14.3. The van der Waals surface area contributed by atoms with Crippen LogP contribution in [-0.4, -0.2) is 46.5 Å². The summed E-state index contributed by atoms with van der Waals surface area (Å²) in [6, 6.07) is 6.96. The average molecular weight is 425 g/mol. The van der Waals surface area contributed by atoms with Crippen molar-refractivity contribution in [3.63, 3.8) is 0 Å². The minimum Gasteiger partial charge on any atom is -0.487 e. The largest absolute Gasteiger partial charge is 0.487 e. The third-order valence-electron chi connectivity index (χ3n) is 4.73. The first-order chi connectivity index (χ1) is 14.8. The van der Waals surface area contributed by atoms with Crippen LogP contribution in [0.2, 0.25) is 0 Å². The molecule has 2 amide bonds. The monoisotopic (exact) mass is 425 g/mol. The first kappa shape index (κ1) is 20.3. The number of nitrogens with zero attached hydrogens (tertiary/aromatic N) is 4. The number of aromatic nitrogens is 3. The van der Waals surface area contributed by atoms with E-state index in [0.29, 0.717) is 5.56 Å². The molecule has 3 aromatic rings. The number of pyridine rings is 1. The fourth-order valence-electron chi connectivity index (χ4n) is 3.07. The van der Waals surface area contributed by atoms with Gasteiger partial charge in [-0.25, -0.2) is 23.7 Å². The van der Waals surface area contributed by atoms with Crippen LogP contribution in [0, 0.1) is 18.6 Å². The Kier molecular flexibility index (Phi) is 5.28. The summed E-state index contributed by atoms with van der Waals surface area (Å²) in [5, 5.41) is 2.49. The number of carbonyl (C=O) groups is 2. The molecule has 0 radical (unpaired) electrons. The molecule has 0 fully saturated rings. The lowest BCUT2D eigenvalue weighted by Gasteiger charge is -2.19. The zero-order valence-corrected chi connectivity index (χ0v) is 16.6. The summed E-state index contributed by atoms with van der Waals surface area (Å²) in [7, 11) is 1.43. The van der Waals surface area contributed by atoms with Crippen LogP contribution < -0.4 is 15.0 Å². The van der Waals surface area contributed by atoms with Gasteiger partial charge in [-0.2, -0.15) is 0 Å². The number of benzene rings is 1. The predicted molar refractivity (Wildman–Crippen MR) is 107 cm³/mol. The van der Waals surface area contributed by atoms with Crippen molar-refractivity contribution in [1.29, 1.82) is 0 Å². The van der Waals surface area contributed by atoms with Gasteiger partial charge in [0.15, 0.2) is 17.4 Å². The van der Waals surface area contributed by atoms with Crippen molar-refractivity contribution < 1.29 is 23.1 Å². The number of likely N-dealkylation sites (N-methyl/N-ethyl adjacent to an activating group) is 1. The third-order valence-corrected chi connectivity index (χ3v) is 4.73. The number of rotatable bonds is 3. The molecule has 1 atom stereocenters. The van der Waals surface area contributed by atoms with Crippen molar-refractivity contribution in [2.45, 2.75) is 13.0 Å². The van der Waals surface area contributed by atoms with Gasteiger partial charge in [0.1, 0.15) is 24.2 Å². The van der Waals surface area contributed by atoms with Gasteiger partial charge in [-0.3, -0.25) is 14.5 Å². The number of hydrogen-bond acceptors (Lipinski definition) is 6. The van der Waals surface area contributed by atoms with E-state index in [9.17, 15) is 18.4 Å². The van der Waals surface area contributed by atoms with Gasteiger partial charge < -0.3 is 10.1 Å². The van der Waals surface area contributed by atoms with Gasteiger partial charge in [0.05, 0.1) is 12.4 Å². The Morgan fingerprint density at radius 1 is 1.19 bits per heavy atom. The second kappa shape index (κ2) is 8.05. The van der Waals surface area contributed by atoms with Crippen LogP contribution in [0.4, 0.5) is 14.6 Å². The number of ether oxygens (including phenoxy) is 1. The fraction of sp³-hybridized carbons (Fsp3) is 0.190. The molecule has 0 unspecified atom stereocenters. The molecule has 0 aliphatic carbocycles. The van der Waals surface area contributed by atoms with E-state index in [1.165, 1.54) is 7.05 Å². The average Bonchev–Trinajstić information content (AvgIpc) is 2.86. The van der Waals surface area contributed by atoms with E-state index < -0.39 is 29.5 Å². The van der Waals surface area contributed by atoms with Crippen LogP contribution in [0.25, 0.3) is 11.3 Å². The van der Waals surface area contributed by atoms with Crippen molar-refractivity contribution in [3.05, 3.63) is 65.7 Å². The molecule has 8 nitrogen and oxygen atoms in total. The van der Waals surface area contributed by atoms with Crippen LogP contribution in [0.3, 0.4) is 0 Å². The molecule has 4 rings (SSSR count). The van der Waals surface area contributed by atoms with E-state index in [4.69, 9.17) is 4.74 Å². The molecule has 1 N–H and O–H groups in total. The van der Waals surface area contributed by atoms with Crippen LogP contribution in [0.15, 0.2) is 42.7 Å². The molecular formula is C21H17F2N5O3. The predicted octanol–water partition coefficient (Wildman–Crippen LogP) is 2.28. The molecule has 3 heterocycles. The van der Waals surface area contributed by atoms with Crippen LogP contribution >= 0.6 is 0 Å². The Morgan fingerprint density at radius 3 is 2.68 bits per heavy atom. The van der Waals surface area contributed by atoms with Crippen molar-refractivity contribution in [3.8, 4) is 17.0 Å². The molecule has 1 aliphatic heterocycles. The molecule has 1 aromatic carbocycles. The van der Waals surface area contributed by atoms with Gasteiger partial charge >= 0.3 is 0 Å². The van der Waals surface area contributed by atoms with Crippen molar-refractivity contribution in [2.24, 2.45) is 0 Å². The van der Waals surface area contributed by atoms with Gasteiger partial charge in [-0.05, 0) is 6.92 Å². The SMILES string of the molecule is Cc1ccc(-c2nc(C(=O)N[C@H]3COc4cc(F)cnc4N(C)C3=O)ncc2F)cc1. The molecule has 0 saturated carbocycles. The number of amides is 2. The quantitative estimate of drug-likeness (QED) is 0.692. The molecule has 10 heteroatoms.